The van der Waals surface area contributed by atoms with E-state index in [0.717, 1.165) is 37.7 Å². The van der Waals surface area contributed by atoms with Gasteiger partial charge < -0.3 is 11.1 Å². The lowest BCUT2D eigenvalue weighted by Gasteiger charge is -2.57. The van der Waals surface area contributed by atoms with E-state index in [1.807, 2.05) is 0 Å². The molecule has 2 fully saturated rings. The van der Waals surface area contributed by atoms with Crippen molar-refractivity contribution in [3.8, 4) is 0 Å². The Hall–Kier alpha value is -1.58. The number of fused-ring (bicyclic) bond motifs is 5. The minimum Gasteiger partial charge on any atom is -0.396 e. The number of ketones is 1. The molecule has 2 saturated carbocycles. The Morgan fingerprint density at radius 3 is 2.48 bits per heavy atom. The Morgan fingerprint density at radius 2 is 1.83 bits per heavy atom. The summed E-state index contributed by atoms with van der Waals surface area (Å²) in [5.74, 6) is 2.00. The molecule has 4 aliphatic rings. The van der Waals surface area contributed by atoms with Gasteiger partial charge in [-0.1, -0.05) is 25.5 Å². The van der Waals surface area contributed by atoms with Crippen molar-refractivity contribution in [1.29, 1.82) is 0 Å². The molecule has 0 radical (unpaired) electrons. The van der Waals surface area contributed by atoms with E-state index in [4.69, 9.17) is 5.73 Å². The molecule has 0 aromatic rings. The highest BCUT2D eigenvalue weighted by Crippen LogP contribution is 2.66. The van der Waals surface area contributed by atoms with Gasteiger partial charge in [0, 0.05) is 17.9 Å². The molecule has 4 aliphatic carbocycles. The number of allylic oxidation sites excluding steroid dienone is 4. The van der Waals surface area contributed by atoms with Gasteiger partial charge in [-0.2, -0.15) is 0 Å². The molecule has 0 unspecified atom stereocenters. The van der Waals surface area contributed by atoms with Crippen LogP contribution in [0.5, 0.6) is 0 Å². The predicted molar refractivity (Wildman–Crippen MR) is 116 cm³/mol. The SMILES string of the molecule is CC1=CC2=C(N)C(=O)CC[C@]2(C)[C@H]2CC[C@]3(C)[C@@H](C(=O)NC(C)(C)C)CC[C@H]3[C@H]12. The molecule has 0 aliphatic heterocycles. The van der Waals surface area contributed by atoms with E-state index in [1.54, 1.807) is 0 Å². The van der Waals surface area contributed by atoms with E-state index in [2.05, 4.69) is 52.9 Å². The highest BCUT2D eigenvalue weighted by atomic mass is 16.2. The minimum atomic E-state index is -0.192. The third-order valence-corrected chi connectivity index (χ3v) is 8.88. The third-order valence-electron chi connectivity index (χ3n) is 8.88. The number of rotatable bonds is 1. The zero-order valence-corrected chi connectivity index (χ0v) is 19.0. The maximum Gasteiger partial charge on any atom is 0.224 e. The monoisotopic (exact) mass is 398 g/mol. The smallest absolute Gasteiger partial charge is 0.224 e. The molecule has 4 nitrogen and oxygen atoms in total. The van der Waals surface area contributed by atoms with Crippen LogP contribution < -0.4 is 11.1 Å². The van der Waals surface area contributed by atoms with Crippen LogP contribution in [0.2, 0.25) is 0 Å². The largest absolute Gasteiger partial charge is 0.396 e. The van der Waals surface area contributed by atoms with Gasteiger partial charge in [0.2, 0.25) is 5.91 Å². The van der Waals surface area contributed by atoms with Crippen molar-refractivity contribution in [3.63, 3.8) is 0 Å². The normalized spacial score (nSPS) is 42.0. The van der Waals surface area contributed by atoms with Crippen molar-refractivity contribution in [1.82, 2.24) is 5.32 Å². The van der Waals surface area contributed by atoms with Gasteiger partial charge in [-0.3, -0.25) is 9.59 Å². The van der Waals surface area contributed by atoms with E-state index >= 15 is 0 Å². The van der Waals surface area contributed by atoms with Crippen molar-refractivity contribution in [2.75, 3.05) is 0 Å². The van der Waals surface area contributed by atoms with E-state index < -0.39 is 0 Å². The van der Waals surface area contributed by atoms with Gasteiger partial charge >= 0.3 is 0 Å². The Bertz CT molecular complexity index is 817. The second kappa shape index (κ2) is 6.46. The molecular weight excluding hydrogens is 360 g/mol. The molecule has 4 rings (SSSR count). The van der Waals surface area contributed by atoms with Crippen LogP contribution in [0, 0.1) is 34.5 Å². The number of nitrogens with one attached hydrogen (secondary N) is 1. The number of hydrogen-bond acceptors (Lipinski definition) is 3. The molecule has 1 amide bonds. The summed E-state index contributed by atoms with van der Waals surface area (Å²) in [6.45, 7) is 13.1. The van der Waals surface area contributed by atoms with Crippen LogP contribution in [0.25, 0.3) is 0 Å². The first-order valence-electron chi connectivity index (χ1n) is 11.4. The fourth-order valence-corrected chi connectivity index (χ4v) is 7.43. The summed E-state index contributed by atoms with van der Waals surface area (Å²) in [7, 11) is 0. The van der Waals surface area contributed by atoms with Crippen LogP contribution in [0.3, 0.4) is 0 Å². The Morgan fingerprint density at radius 1 is 1.14 bits per heavy atom. The van der Waals surface area contributed by atoms with Gasteiger partial charge in [0.1, 0.15) is 0 Å². The first-order chi connectivity index (χ1) is 13.4. The summed E-state index contributed by atoms with van der Waals surface area (Å²) >= 11 is 0. The average Bonchev–Trinajstić information content (AvgIpc) is 2.96. The lowest BCUT2D eigenvalue weighted by atomic mass is 9.47. The van der Waals surface area contributed by atoms with E-state index in [1.165, 1.54) is 5.57 Å². The number of Topliss-reactive ketones (excluding diaryl/α,β-unsaturated/α-hetero) is 1. The molecule has 0 bridgehead atoms. The van der Waals surface area contributed by atoms with Gasteiger partial charge in [-0.25, -0.2) is 0 Å². The van der Waals surface area contributed by atoms with Crippen molar-refractivity contribution < 1.29 is 9.59 Å². The molecule has 0 aromatic heterocycles. The molecule has 160 valence electrons. The van der Waals surface area contributed by atoms with Crippen molar-refractivity contribution in [2.24, 2.45) is 40.2 Å². The van der Waals surface area contributed by atoms with Crippen LogP contribution in [0.1, 0.15) is 80.1 Å². The zero-order valence-electron chi connectivity index (χ0n) is 19.0. The van der Waals surface area contributed by atoms with Crippen LogP contribution >= 0.6 is 0 Å². The third kappa shape index (κ3) is 3.00. The second-order valence-corrected chi connectivity index (χ2v) is 11.7. The summed E-state index contributed by atoms with van der Waals surface area (Å²) in [4.78, 5) is 25.4. The number of nitrogens with two attached hydrogens (primary N) is 1. The molecule has 0 spiro atoms. The van der Waals surface area contributed by atoms with Gasteiger partial charge in [0.25, 0.3) is 0 Å². The molecule has 3 N–H and O–H groups in total. The molecule has 0 heterocycles. The van der Waals surface area contributed by atoms with Gasteiger partial charge in [-0.15, -0.1) is 0 Å². The lowest BCUT2D eigenvalue weighted by molar-refractivity contribution is -0.132. The van der Waals surface area contributed by atoms with Crippen molar-refractivity contribution in [3.05, 3.63) is 22.9 Å². The highest BCUT2D eigenvalue weighted by molar-refractivity contribution is 5.97. The number of hydrogen-bond donors (Lipinski definition) is 2. The zero-order chi connectivity index (χ0) is 21.4. The van der Waals surface area contributed by atoms with E-state index in [-0.39, 0.29) is 34.0 Å². The van der Waals surface area contributed by atoms with Crippen LogP contribution in [0.4, 0.5) is 0 Å². The number of amides is 1. The van der Waals surface area contributed by atoms with E-state index in [9.17, 15) is 9.59 Å². The molecular formula is C25H38N2O2. The molecule has 0 saturated heterocycles. The molecule has 4 heteroatoms. The van der Waals surface area contributed by atoms with Crippen LogP contribution in [-0.4, -0.2) is 17.2 Å². The predicted octanol–water partition coefficient (Wildman–Crippen LogP) is 4.50. The topological polar surface area (TPSA) is 72.2 Å². The lowest BCUT2D eigenvalue weighted by Crippen LogP contribution is -2.53. The average molecular weight is 399 g/mol. The second-order valence-electron chi connectivity index (χ2n) is 11.7. The fraction of sp³-hybridized carbons (Fsp3) is 0.760. The standard InChI is InChI=1S/C25H38N2O2/c1-14-13-18-21(26)19(28)10-12-25(18,6)16-9-11-24(5)15(20(14)16)7-8-17(24)22(29)27-23(2,3)4/h13,15-17,20H,7-12,26H2,1-6H3,(H,27,29)/t15-,16-,17+,20-,24-,25+/m0/s1. The van der Waals surface area contributed by atoms with Gasteiger partial charge in [0.05, 0.1) is 5.70 Å². The van der Waals surface area contributed by atoms with E-state index in [0.29, 0.717) is 29.9 Å². The maximum absolute atomic E-state index is 13.1. The molecule has 6 atom stereocenters. The van der Waals surface area contributed by atoms with Crippen molar-refractivity contribution in [2.45, 2.75) is 85.6 Å². The number of carbonyl (C=O) groups excluding carboxylic acids is 2. The summed E-state index contributed by atoms with van der Waals surface area (Å²) in [6.07, 6.45) is 8.02. The quantitative estimate of drug-likeness (QED) is 0.683. The maximum atomic E-state index is 13.1. The highest BCUT2D eigenvalue weighted by Gasteiger charge is 2.60. The summed E-state index contributed by atoms with van der Waals surface area (Å²) in [6, 6.07) is 0. The summed E-state index contributed by atoms with van der Waals surface area (Å²) < 4.78 is 0. The fourth-order valence-electron chi connectivity index (χ4n) is 7.43. The number of carbonyl (C=O) groups is 2. The van der Waals surface area contributed by atoms with Gasteiger partial charge in [-0.05, 0) is 94.0 Å². The Balaban J connectivity index is 1.70. The van der Waals surface area contributed by atoms with Gasteiger partial charge in [0.15, 0.2) is 5.78 Å². The Kier molecular flexibility index (Phi) is 4.61. The first-order valence-corrected chi connectivity index (χ1v) is 11.4. The first kappa shape index (κ1) is 20.7. The van der Waals surface area contributed by atoms with Crippen molar-refractivity contribution >= 4 is 11.7 Å². The summed E-state index contributed by atoms with van der Waals surface area (Å²) in [5, 5.41) is 3.25. The Labute approximate surface area is 175 Å². The van der Waals surface area contributed by atoms with Crippen LogP contribution in [-0.2, 0) is 9.59 Å². The molecule has 0 aromatic carbocycles. The summed E-state index contributed by atoms with van der Waals surface area (Å²) in [5.41, 5.74) is 9.11. The van der Waals surface area contributed by atoms with Crippen LogP contribution in [0.15, 0.2) is 22.9 Å². The minimum absolute atomic E-state index is 0.00471. The molecule has 29 heavy (non-hydrogen) atoms.